The van der Waals surface area contributed by atoms with Gasteiger partial charge in [-0.25, -0.2) is 22.1 Å². The van der Waals surface area contributed by atoms with Gasteiger partial charge < -0.3 is 14.2 Å². The maximum atomic E-state index is 15.8. The SMILES string of the molecule is C=Nc1c(F)c(F)c(F)c(F)c1C1=[N+](C)C(/C=C/CO)C(COC)c2c1n1c3ccccc3c3cccc2c31. The molecule has 198 valence electrons. The molecule has 2 atom stereocenters. The van der Waals surface area contributed by atoms with E-state index in [1.165, 1.54) is 0 Å². The van der Waals surface area contributed by atoms with Crippen molar-refractivity contribution in [1.29, 1.82) is 0 Å². The Morgan fingerprint density at radius 3 is 2.41 bits per heavy atom. The van der Waals surface area contributed by atoms with Gasteiger partial charge in [-0.05, 0) is 18.9 Å². The molecule has 3 aromatic carbocycles. The third-order valence-corrected chi connectivity index (χ3v) is 7.69. The molecule has 0 saturated carbocycles. The van der Waals surface area contributed by atoms with Crippen molar-refractivity contribution in [3.05, 3.63) is 94.7 Å². The van der Waals surface area contributed by atoms with Gasteiger partial charge in [-0.15, -0.1) is 0 Å². The predicted molar refractivity (Wildman–Crippen MR) is 143 cm³/mol. The molecule has 5 aromatic rings. The second-order valence-electron chi connectivity index (χ2n) is 9.58. The summed E-state index contributed by atoms with van der Waals surface area (Å²) < 4.78 is 69.2. The number of benzene rings is 3. The lowest BCUT2D eigenvalue weighted by molar-refractivity contribution is -0.531. The van der Waals surface area contributed by atoms with Crippen molar-refractivity contribution in [3.63, 3.8) is 0 Å². The number of halogens is 4. The lowest BCUT2D eigenvalue weighted by atomic mass is 9.82. The Bertz CT molecular complexity index is 1860. The van der Waals surface area contributed by atoms with Crippen molar-refractivity contribution in [3.8, 4) is 0 Å². The number of aliphatic imine (C=N–C) groups is 1. The third kappa shape index (κ3) is 3.33. The monoisotopic (exact) mass is 534 g/mol. The summed E-state index contributed by atoms with van der Waals surface area (Å²) in [5.74, 6) is -7.39. The van der Waals surface area contributed by atoms with Gasteiger partial charge in [0.2, 0.25) is 5.71 Å². The molecule has 0 fully saturated rings. The molecular formula is C30H24F4N3O2+. The molecule has 2 unspecified atom stereocenters. The van der Waals surface area contributed by atoms with Crippen LogP contribution in [0, 0.1) is 23.3 Å². The van der Waals surface area contributed by atoms with Crippen LogP contribution in [0.15, 0.2) is 59.6 Å². The first kappa shape index (κ1) is 25.2. The van der Waals surface area contributed by atoms with Crippen molar-refractivity contribution in [1.82, 2.24) is 4.40 Å². The van der Waals surface area contributed by atoms with E-state index in [2.05, 4.69) is 11.7 Å². The molecule has 0 spiro atoms. The Morgan fingerprint density at radius 2 is 1.69 bits per heavy atom. The highest BCUT2D eigenvalue weighted by molar-refractivity contribution is 6.22. The smallest absolute Gasteiger partial charge is 0.237 e. The Labute approximate surface area is 220 Å². The lowest BCUT2D eigenvalue weighted by Crippen LogP contribution is -2.41. The van der Waals surface area contributed by atoms with E-state index in [1.807, 2.05) is 46.9 Å². The number of para-hydroxylation sites is 2. The molecular weight excluding hydrogens is 510 g/mol. The van der Waals surface area contributed by atoms with Crippen molar-refractivity contribution in [2.24, 2.45) is 4.99 Å². The molecule has 3 heterocycles. The quantitative estimate of drug-likeness (QED) is 0.0758. The number of rotatable bonds is 6. The minimum Gasteiger partial charge on any atom is -0.392 e. The molecule has 1 aliphatic heterocycles. The number of aliphatic hydroxyl groups excluding tert-OH is 1. The van der Waals surface area contributed by atoms with Gasteiger partial charge in [0.1, 0.15) is 24.0 Å². The van der Waals surface area contributed by atoms with E-state index in [4.69, 9.17) is 4.74 Å². The van der Waals surface area contributed by atoms with Gasteiger partial charge in [-0.3, -0.25) is 4.99 Å². The predicted octanol–water partition coefficient (Wildman–Crippen LogP) is 5.71. The summed E-state index contributed by atoms with van der Waals surface area (Å²) in [6, 6.07) is 13.0. The van der Waals surface area contributed by atoms with Crippen LogP contribution in [-0.4, -0.2) is 59.9 Å². The highest BCUT2D eigenvalue weighted by atomic mass is 19.2. The zero-order chi connectivity index (χ0) is 27.6. The van der Waals surface area contributed by atoms with Gasteiger partial charge in [0, 0.05) is 28.8 Å². The van der Waals surface area contributed by atoms with Crippen molar-refractivity contribution < 1.29 is 32.0 Å². The van der Waals surface area contributed by atoms with Crippen LogP contribution in [0.25, 0.3) is 27.2 Å². The number of likely N-dealkylation sites (N-methyl/N-ethyl adjacent to an activating group) is 1. The van der Waals surface area contributed by atoms with Crippen LogP contribution in [0.4, 0.5) is 23.2 Å². The van der Waals surface area contributed by atoms with Gasteiger partial charge in [0.15, 0.2) is 29.3 Å². The highest BCUT2D eigenvalue weighted by Crippen LogP contribution is 2.46. The summed E-state index contributed by atoms with van der Waals surface area (Å²) in [5, 5.41) is 12.3. The van der Waals surface area contributed by atoms with E-state index in [-0.39, 0.29) is 24.8 Å². The molecule has 2 aromatic heterocycles. The van der Waals surface area contributed by atoms with Crippen LogP contribution in [0.3, 0.4) is 0 Å². The van der Waals surface area contributed by atoms with Crippen molar-refractivity contribution >= 4 is 45.3 Å². The summed E-state index contributed by atoms with van der Waals surface area (Å²) in [6.45, 7) is 3.34. The second kappa shape index (κ2) is 9.29. The average Bonchev–Trinajstić information content (AvgIpc) is 3.47. The molecule has 5 nitrogen and oxygen atoms in total. The van der Waals surface area contributed by atoms with Crippen LogP contribution in [0.2, 0.25) is 0 Å². The van der Waals surface area contributed by atoms with Crippen LogP contribution >= 0.6 is 0 Å². The van der Waals surface area contributed by atoms with E-state index >= 15 is 8.78 Å². The maximum absolute atomic E-state index is 15.8. The molecule has 0 saturated heterocycles. The number of nitrogens with zero attached hydrogens (tertiary/aromatic N) is 3. The third-order valence-electron chi connectivity index (χ3n) is 7.69. The fraction of sp³-hybridized carbons (Fsp3) is 0.200. The van der Waals surface area contributed by atoms with Gasteiger partial charge in [-0.2, -0.15) is 0 Å². The van der Waals surface area contributed by atoms with E-state index < -0.39 is 40.6 Å². The number of aromatic nitrogens is 1. The summed E-state index contributed by atoms with van der Waals surface area (Å²) in [7, 11) is 3.23. The molecule has 0 bridgehead atoms. The van der Waals surface area contributed by atoms with Crippen LogP contribution in [-0.2, 0) is 4.74 Å². The first-order valence-electron chi connectivity index (χ1n) is 12.3. The second-order valence-corrected chi connectivity index (χ2v) is 9.58. The fourth-order valence-electron chi connectivity index (χ4n) is 6.19. The zero-order valence-electron chi connectivity index (χ0n) is 21.2. The van der Waals surface area contributed by atoms with E-state index in [1.54, 1.807) is 30.9 Å². The molecule has 0 amide bonds. The fourth-order valence-corrected chi connectivity index (χ4v) is 6.19. The Kier molecular flexibility index (Phi) is 6.00. The van der Waals surface area contributed by atoms with E-state index in [9.17, 15) is 13.9 Å². The Hall–Kier alpha value is -4.08. The van der Waals surface area contributed by atoms with E-state index in [0.29, 0.717) is 5.69 Å². The normalized spacial score (nSPS) is 17.8. The first-order chi connectivity index (χ1) is 18.9. The Balaban J connectivity index is 1.88. The van der Waals surface area contributed by atoms with Crippen LogP contribution < -0.4 is 0 Å². The molecule has 1 aliphatic rings. The summed E-state index contributed by atoms with van der Waals surface area (Å²) in [5.41, 5.74) is 1.80. The molecule has 0 radical (unpaired) electrons. The number of aliphatic hydroxyl groups is 1. The highest BCUT2D eigenvalue weighted by Gasteiger charge is 2.46. The van der Waals surface area contributed by atoms with Crippen LogP contribution in [0.5, 0.6) is 0 Å². The summed E-state index contributed by atoms with van der Waals surface area (Å²) in [4.78, 5) is 3.61. The first-order valence-corrected chi connectivity index (χ1v) is 12.3. The molecule has 0 aliphatic carbocycles. The number of ether oxygens (including phenoxy) is 1. The lowest BCUT2D eigenvalue weighted by Gasteiger charge is -2.29. The summed E-state index contributed by atoms with van der Waals surface area (Å²) in [6.07, 6.45) is 3.29. The number of hydrogen-bond donors (Lipinski definition) is 1. The standard InChI is InChI=1S/C30H24F4N3O2/c1-35-27-22(23(31)24(32)25(33)26(27)34)29-30-21(18(14-39-3)19(36(29)2)12-7-13-38)17-10-6-9-16-15-8-4-5-11-20(15)37(30)28(16)17/h4-12,18-19,38H,1,13-14H2,2-3H3/q+1/b12-7+. The molecule has 9 heteroatoms. The van der Waals surface area contributed by atoms with Gasteiger partial charge in [0.05, 0.1) is 30.2 Å². The maximum Gasteiger partial charge on any atom is 0.237 e. The largest absolute Gasteiger partial charge is 0.392 e. The topological polar surface area (TPSA) is 49.2 Å². The minimum absolute atomic E-state index is 0.112. The average molecular weight is 535 g/mol. The molecule has 39 heavy (non-hydrogen) atoms. The van der Waals surface area contributed by atoms with Gasteiger partial charge in [0.25, 0.3) is 0 Å². The minimum atomic E-state index is -1.95. The number of hydrogen-bond acceptors (Lipinski definition) is 3. The number of methoxy groups -OCH3 is 1. The van der Waals surface area contributed by atoms with Gasteiger partial charge >= 0.3 is 0 Å². The zero-order valence-corrected chi connectivity index (χ0v) is 21.2. The van der Waals surface area contributed by atoms with E-state index in [0.717, 1.165) is 32.8 Å². The molecule has 1 N–H and O–H groups in total. The van der Waals surface area contributed by atoms with Crippen LogP contribution in [0.1, 0.15) is 22.7 Å². The van der Waals surface area contributed by atoms with Crippen molar-refractivity contribution in [2.75, 3.05) is 27.4 Å². The van der Waals surface area contributed by atoms with Crippen molar-refractivity contribution in [2.45, 2.75) is 12.0 Å². The van der Waals surface area contributed by atoms with Gasteiger partial charge in [-0.1, -0.05) is 42.5 Å². The molecule has 6 rings (SSSR count). The number of fused-ring (bicyclic) bond motifs is 6. The summed E-state index contributed by atoms with van der Waals surface area (Å²) >= 11 is 0. The Morgan fingerprint density at radius 1 is 1.00 bits per heavy atom.